The van der Waals surface area contributed by atoms with Gasteiger partial charge in [-0.25, -0.2) is 4.98 Å². The standard InChI is InChI=1S/C13H19N3S/c1-9-5-6-10-11(7-9)16(12(14)15-10)8-13(2,3)17-4/h5-7H,8H2,1-4H3,(H2,14,15). The van der Waals surface area contributed by atoms with Gasteiger partial charge in [0.1, 0.15) is 0 Å². The average molecular weight is 249 g/mol. The molecule has 0 saturated heterocycles. The number of nitrogen functional groups attached to an aromatic ring is 1. The van der Waals surface area contributed by atoms with E-state index in [1.54, 1.807) is 0 Å². The average Bonchev–Trinajstić information content (AvgIpc) is 2.56. The summed E-state index contributed by atoms with van der Waals surface area (Å²) in [6.07, 6.45) is 2.13. The van der Waals surface area contributed by atoms with E-state index in [2.05, 4.69) is 48.7 Å². The highest BCUT2D eigenvalue weighted by Crippen LogP contribution is 2.27. The Morgan fingerprint density at radius 3 is 2.76 bits per heavy atom. The fourth-order valence-electron chi connectivity index (χ4n) is 1.86. The molecule has 0 spiro atoms. The van der Waals surface area contributed by atoms with Gasteiger partial charge in [-0.1, -0.05) is 6.07 Å². The van der Waals surface area contributed by atoms with Crippen LogP contribution in [0.1, 0.15) is 19.4 Å². The smallest absolute Gasteiger partial charge is 0.201 e. The first-order chi connectivity index (χ1) is 7.93. The number of anilines is 1. The summed E-state index contributed by atoms with van der Waals surface area (Å²) in [5, 5.41) is 0. The van der Waals surface area contributed by atoms with E-state index < -0.39 is 0 Å². The zero-order valence-electron chi connectivity index (χ0n) is 10.8. The third-order valence-corrected chi connectivity index (χ3v) is 4.26. The van der Waals surface area contributed by atoms with E-state index in [0.29, 0.717) is 5.95 Å². The van der Waals surface area contributed by atoms with Crippen LogP contribution < -0.4 is 5.73 Å². The quantitative estimate of drug-likeness (QED) is 0.909. The molecule has 1 aromatic heterocycles. The SMILES string of the molecule is CSC(C)(C)Cn1c(N)nc2ccc(C)cc21. The molecule has 0 bridgehead atoms. The number of rotatable bonds is 3. The Morgan fingerprint density at radius 2 is 2.12 bits per heavy atom. The molecule has 0 amide bonds. The number of imidazole rings is 1. The largest absolute Gasteiger partial charge is 0.369 e. The summed E-state index contributed by atoms with van der Waals surface area (Å²) < 4.78 is 2.27. The summed E-state index contributed by atoms with van der Waals surface area (Å²) in [5.41, 5.74) is 9.35. The van der Waals surface area contributed by atoms with Gasteiger partial charge in [0, 0.05) is 11.3 Å². The van der Waals surface area contributed by atoms with E-state index in [-0.39, 0.29) is 4.75 Å². The number of hydrogen-bond acceptors (Lipinski definition) is 3. The molecule has 17 heavy (non-hydrogen) atoms. The van der Waals surface area contributed by atoms with E-state index in [0.717, 1.165) is 17.6 Å². The van der Waals surface area contributed by atoms with Crippen molar-refractivity contribution in [3.8, 4) is 0 Å². The van der Waals surface area contributed by atoms with Crippen molar-refractivity contribution in [3.05, 3.63) is 23.8 Å². The van der Waals surface area contributed by atoms with Crippen LogP contribution in [0.15, 0.2) is 18.2 Å². The van der Waals surface area contributed by atoms with Gasteiger partial charge in [0.25, 0.3) is 0 Å². The van der Waals surface area contributed by atoms with Crippen molar-refractivity contribution in [2.24, 2.45) is 0 Å². The molecule has 0 radical (unpaired) electrons. The third-order valence-electron chi connectivity index (χ3n) is 3.02. The van der Waals surface area contributed by atoms with Gasteiger partial charge in [-0.15, -0.1) is 0 Å². The van der Waals surface area contributed by atoms with Gasteiger partial charge in [-0.2, -0.15) is 11.8 Å². The van der Waals surface area contributed by atoms with E-state index in [4.69, 9.17) is 5.73 Å². The van der Waals surface area contributed by atoms with Crippen LogP contribution in [-0.4, -0.2) is 20.6 Å². The lowest BCUT2D eigenvalue weighted by atomic mass is 10.2. The molecular formula is C13H19N3S. The van der Waals surface area contributed by atoms with Crippen LogP contribution in [0.2, 0.25) is 0 Å². The van der Waals surface area contributed by atoms with Gasteiger partial charge >= 0.3 is 0 Å². The summed E-state index contributed by atoms with van der Waals surface area (Å²) in [7, 11) is 0. The summed E-state index contributed by atoms with van der Waals surface area (Å²) >= 11 is 1.84. The Labute approximate surface area is 106 Å². The molecule has 0 saturated carbocycles. The summed E-state index contributed by atoms with van der Waals surface area (Å²) in [4.78, 5) is 4.40. The number of fused-ring (bicyclic) bond motifs is 1. The summed E-state index contributed by atoms with van der Waals surface area (Å²) in [6, 6.07) is 6.25. The Bertz CT molecular complexity index is 543. The van der Waals surface area contributed by atoms with Crippen LogP contribution >= 0.6 is 11.8 Å². The topological polar surface area (TPSA) is 43.8 Å². The zero-order valence-corrected chi connectivity index (χ0v) is 11.6. The highest BCUT2D eigenvalue weighted by Gasteiger charge is 2.20. The minimum atomic E-state index is 0.158. The second kappa shape index (κ2) is 4.26. The number of nitrogens with zero attached hydrogens (tertiary/aromatic N) is 2. The van der Waals surface area contributed by atoms with Crippen molar-refractivity contribution in [1.29, 1.82) is 0 Å². The first kappa shape index (κ1) is 12.3. The van der Waals surface area contributed by atoms with Crippen LogP contribution in [0.25, 0.3) is 11.0 Å². The molecule has 0 unspecified atom stereocenters. The lowest BCUT2D eigenvalue weighted by Gasteiger charge is -2.23. The normalized spacial score (nSPS) is 12.2. The van der Waals surface area contributed by atoms with Gasteiger partial charge in [0.05, 0.1) is 11.0 Å². The lowest BCUT2D eigenvalue weighted by molar-refractivity contribution is 0.585. The molecule has 1 heterocycles. The Balaban J connectivity index is 2.52. The first-order valence-corrected chi connectivity index (χ1v) is 6.93. The number of hydrogen-bond donors (Lipinski definition) is 1. The maximum absolute atomic E-state index is 6.01. The molecule has 92 valence electrons. The molecule has 0 aliphatic heterocycles. The molecular weight excluding hydrogens is 230 g/mol. The van der Waals surface area contributed by atoms with E-state index in [1.807, 2.05) is 17.8 Å². The molecule has 0 aliphatic rings. The van der Waals surface area contributed by atoms with Gasteiger partial charge < -0.3 is 10.3 Å². The molecule has 0 atom stereocenters. The molecule has 0 aliphatic carbocycles. The maximum atomic E-state index is 6.01. The highest BCUT2D eigenvalue weighted by atomic mass is 32.2. The van der Waals surface area contributed by atoms with Crippen molar-refractivity contribution in [2.45, 2.75) is 32.1 Å². The third kappa shape index (κ3) is 2.41. The van der Waals surface area contributed by atoms with Crippen molar-refractivity contribution in [2.75, 3.05) is 12.0 Å². The second-order valence-electron chi connectivity index (χ2n) is 5.01. The van der Waals surface area contributed by atoms with Gasteiger partial charge in [-0.3, -0.25) is 0 Å². The predicted molar refractivity (Wildman–Crippen MR) is 76.5 cm³/mol. The molecule has 2 N–H and O–H groups in total. The molecule has 3 nitrogen and oxygen atoms in total. The van der Waals surface area contributed by atoms with Gasteiger partial charge in [0.15, 0.2) is 0 Å². The molecule has 0 fully saturated rings. The number of aryl methyl sites for hydroxylation is 1. The van der Waals surface area contributed by atoms with Crippen LogP contribution in [0.4, 0.5) is 5.95 Å². The molecule has 4 heteroatoms. The monoisotopic (exact) mass is 249 g/mol. The summed E-state index contributed by atoms with van der Waals surface area (Å²) in [6.45, 7) is 7.41. The number of nitrogens with two attached hydrogens (primary N) is 1. The maximum Gasteiger partial charge on any atom is 0.201 e. The minimum absolute atomic E-state index is 0.158. The Kier molecular flexibility index (Phi) is 3.08. The van der Waals surface area contributed by atoms with Crippen LogP contribution in [0, 0.1) is 6.92 Å². The van der Waals surface area contributed by atoms with Crippen LogP contribution in [0.5, 0.6) is 0 Å². The molecule has 1 aromatic carbocycles. The fourth-order valence-corrected chi connectivity index (χ4v) is 2.12. The number of aromatic nitrogens is 2. The molecule has 2 aromatic rings. The first-order valence-electron chi connectivity index (χ1n) is 5.70. The predicted octanol–water partition coefficient (Wildman–Crippen LogP) is 3.07. The van der Waals surface area contributed by atoms with Crippen molar-refractivity contribution in [1.82, 2.24) is 9.55 Å². The van der Waals surface area contributed by atoms with Crippen LogP contribution in [-0.2, 0) is 6.54 Å². The number of benzene rings is 1. The van der Waals surface area contributed by atoms with Crippen molar-refractivity contribution >= 4 is 28.7 Å². The fraction of sp³-hybridized carbons (Fsp3) is 0.462. The van der Waals surface area contributed by atoms with Gasteiger partial charge in [0.2, 0.25) is 5.95 Å². The second-order valence-corrected chi connectivity index (χ2v) is 6.53. The Hall–Kier alpha value is -1.16. The van der Waals surface area contributed by atoms with Crippen molar-refractivity contribution in [3.63, 3.8) is 0 Å². The van der Waals surface area contributed by atoms with Crippen LogP contribution in [0.3, 0.4) is 0 Å². The Morgan fingerprint density at radius 1 is 1.41 bits per heavy atom. The van der Waals surface area contributed by atoms with E-state index in [1.165, 1.54) is 5.56 Å². The van der Waals surface area contributed by atoms with Crippen molar-refractivity contribution < 1.29 is 0 Å². The molecule has 2 rings (SSSR count). The minimum Gasteiger partial charge on any atom is -0.369 e. The number of thioether (sulfide) groups is 1. The summed E-state index contributed by atoms with van der Waals surface area (Å²) in [5.74, 6) is 0.604. The van der Waals surface area contributed by atoms with E-state index >= 15 is 0 Å². The zero-order chi connectivity index (χ0) is 12.6. The van der Waals surface area contributed by atoms with E-state index in [9.17, 15) is 0 Å². The van der Waals surface area contributed by atoms with Gasteiger partial charge in [-0.05, 0) is 44.7 Å². The lowest BCUT2D eigenvalue weighted by Crippen LogP contribution is -2.23. The highest BCUT2D eigenvalue weighted by molar-refractivity contribution is 7.99.